The molecule has 2 unspecified atom stereocenters. The molecule has 0 radical (unpaired) electrons. The van der Waals surface area contributed by atoms with Gasteiger partial charge < -0.3 is 10.1 Å². The molecule has 118 valence electrons. The fourth-order valence-electron chi connectivity index (χ4n) is 3.37. The van der Waals surface area contributed by atoms with E-state index in [1.54, 1.807) is 0 Å². The minimum absolute atomic E-state index is 0.0265. The SMILES string of the molecule is CNC(CSc1ccccc1Br)C1CC(C)(C)OC1(C)C. The third-order valence-electron chi connectivity index (χ3n) is 4.26. The molecule has 2 atom stereocenters. The highest BCUT2D eigenvalue weighted by atomic mass is 79.9. The van der Waals surface area contributed by atoms with Crippen LogP contribution < -0.4 is 5.32 Å². The van der Waals surface area contributed by atoms with Crippen LogP contribution in [0.5, 0.6) is 0 Å². The number of hydrogen-bond donors (Lipinski definition) is 1. The summed E-state index contributed by atoms with van der Waals surface area (Å²) in [5.74, 6) is 1.57. The molecule has 0 bridgehead atoms. The van der Waals surface area contributed by atoms with Crippen LogP contribution in [0.4, 0.5) is 0 Å². The fraction of sp³-hybridized carbons (Fsp3) is 0.647. The smallest absolute Gasteiger partial charge is 0.0678 e. The van der Waals surface area contributed by atoms with E-state index in [9.17, 15) is 0 Å². The Morgan fingerprint density at radius 1 is 1.33 bits per heavy atom. The van der Waals surface area contributed by atoms with Gasteiger partial charge in [0.25, 0.3) is 0 Å². The van der Waals surface area contributed by atoms with Crippen molar-refractivity contribution in [2.45, 2.75) is 56.3 Å². The third-order valence-corrected chi connectivity index (χ3v) is 6.40. The molecule has 4 heteroatoms. The fourth-order valence-corrected chi connectivity index (χ4v) is 5.14. The molecular weight excluding hydrogens is 346 g/mol. The summed E-state index contributed by atoms with van der Waals surface area (Å²) >= 11 is 5.53. The second-order valence-corrected chi connectivity index (χ2v) is 8.83. The molecule has 1 N–H and O–H groups in total. The standard InChI is InChI=1S/C17H26BrNOS/c1-16(2)10-12(17(3,4)20-16)14(19-5)11-21-15-9-7-6-8-13(15)18/h6-9,12,14,19H,10-11H2,1-5H3. The van der Waals surface area contributed by atoms with E-state index >= 15 is 0 Å². The largest absolute Gasteiger partial charge is 0.369 e. The predicted octanol–water partition coefficient (Wildman–Crippen LogP) is 4.72. The molecule has 1 aliphatic heterocycles. The second kappa shape index (κ2) is 6.61. The molecule has 0 aliphatic carbocycles. The minimum atomic E-state index is -0.0777. The van der Waals surface area contributed by atoms with Gasteiger partial charge in [-0.3, -0.25) is 0 Å². The van der Waals surface area contributed by atoms with Crippen molar-refractivity contribution in [1.29, 1.82) is 0 Å². The van der Waals surface area contributed by atoms with E-state index in [0.717, 1.165) is 12.2 Å². The number of rotatable bonds is 5. The minimum Gasteiger partial charge on any atom is -0.369 e. The Bertz CT molecular complexity index is 489. The van der Waals surface area contributed by atoms with E-state index in [1.807, 2.05) is 11.8 Å². The monoisotopic (exact) mass is 371 g/mol. The van der Waals surface area contributed by atoms with Gasteiger partial charge in [-0.15, -0.1) is 11.8 Å². The summed E-state index contributed by atoms with van der Waals surface area (Å²) in [6, 6.07) is 8.86. The predicted molar refractivity (Wildman–Crippen MR) is 95.1 cm³/mol. The lowest BCUT2D eigenvalue weighted by molar-refractivity contribution is -0.0767. The first kappa shape index (κ1) is 17.3. The molecule has 1 aromatic rings. The number of nitrogens with one attached hydrogen (secondary N) is 1. The summed E-state index contributed by atoms with van der Waals surface area (Å²) in [5.41, 5.74) is -0.104. The van der Waals surface area contributed by atoms with Gasteiger partial charge in [0.2, 0.25) is 0 Å². The van der Waals surface area contributed by atoms with Crippen molar-refractivity contribution in [1.82, 2.24) is 5.32 Å². The molecule has 1 aliphatic rings. The zero-order chi connectivity index (χ0) is 15.7. The zero-order valence-corrected chi connectivity index (χ0v) is 16.0. The summed E-state index contributed by atoms with van der Waals surface area (Å²) in [6.07, 6.45) is 1.10. The Labute approximate surface area is 141 Å². The number of hydrogen-bond acceptors (Lipinski definition) is 3. The molecule has 0 aromatic heterocycles. The Morgan fingerprint density at radius 3 is 2.52 bits per heavy atom. The molecule has 1 saturated heterocycles. The number of halogens is 1. The van der Waals surface area contributed by atoms with Crippen LogP contribution in [-0.4, -0.2) is 30.0 Å². The van der Waals surface area contributed by atoms with Gasteiger partial charge >= 0.3 is 0 Å². The molecule has 1 aromatic carbocycles. The molecule has 0 saturated carbocycles. The average Bonchev–Trinajstić information content (AvgIpc) is 2.60. The maximum absolute atomic E-state index is 6.25. The van der Waals surface area contributed by atoms with Crippen LogP contribution >= 0.6 is 27.7 Å². The first-order valence-corrected chi connectivity index (χ1v) is 9.28. The van der Waals surface area contributed by atoms with Crippen molar-refractivity contribution < 1.29 is 4.74 Å². The summed E-state index contributed by atoms with van der Waals surface area (Å²) < 4.78 is 7.42. The topological polar surface area (TPSA) is 21.3 Å². The van der Waals surface area contributed by atoms with Crippen molar-refractivity contribution in [3.05, 3.63) is 28.7 Å². The summed E-state index contributed by atoms with van der Waals surface area (Å²) in [7, 11) is 2.06. The van der Waals surface area contributed by atoms with Gasteiger partial charge in [-0.05, 0) is 69.2 Å². The zero-order valence-electron chi connectivity index (χ0n) is 13.6. The van der Waals surface area contributed by atoms with Crippen molar-refractivity contribution in [3.63, 3.8) is 0 Å². The van der Waals surface area contributed by atoms with Gasteiger partial charge in [-0.1, -0.05) is 12.1 Å². The molecule has 0 spiro atoms. The van der Waals surface area contributed by atoms with Crippen LogP contribution in [0.1, 0.15) is 34.1 Å². The van der Waals surface area contributed by atoms with Gasteiger partial charge in [0.05, 0.1) is 11.2 Å². The number of thioether (sulfide) groups is 1. The molecule has 1 heterocycles. The van der Waals surface area contributed by atoms with Gasteiger partial charge in [-0.25, -0.2) is 0 Å². The molecule has 2 nitrogen and oxygen atoms in total. The molecule has 21 heavy (non-hydrogen) atoms. The summed E-state index contributed by atoms with van der Waals surface area (Å²) in [6.45, 7) is 8.84. The molecule has 0 amide bonds. The summed E-state index contributed by atoms with van der Waals surface area (Å²) in [5, 5.41) is 3.51. The Morgan fingerprint density at radius 2 is 2.00 bits per heavy atom. The van der Waals surface area contributed by atoms with E-state index in [2.05, 4.69) is 80.3 Å². The molecular formula is C17H26BrNOS. The highest BCUT2D eigenvalue weighted by Gasteiger charge is 2.48. The van der Waals surface area contributed by atoms with Crippen LogP contribution in [-0.2, 0) is 4.74 Å². The second-order valence-electron chi connectivity index (χ2n) is 6.91. The van der Waals surface area contributed by atoms with E-state index in [4.69, 9.17) is 4.74 Å². The van der Waals surface area contributed by atoms with Gasteiger partial charge in [0.1, 0.15) is 0 Å². The Kier molecular flexibility index (Phi) is 5.45. The van der Waals surface area contributed by atoms with E-state index < -0.39 is 0 Å². The van der Waals surface area contributed by atoms with E-state index in [1.165, 1.54) is 9.37 Å². The van der Waals surface area contributed by atoms with E-state index in [0.29, 0.717) is 12.0 Å². The van der Waals surface area contributed by atoms with Gasteiger partial charge in [0, 0.05) is 27.1 Å². The van der Waals surface area contributed by atoms with Crippen LogP contribution in [0.3, 0.4) is 0 Å². The maximum atomic E-state index is 6.25. The average molecular weight is 372 g/mol. The van der Waals surface area contributed by atoms with Crippen molar-refractivity contribution in [2.24, 2.45) is 5.92 Å². The van der Waals surface area contributed by atoms with Crippen LogP contribution in [0, 0.1) is 5.92 Å². The Balaban J connectivity index is 2.05. The maximum Gasteiger partial charge on any atom is 0.0678 e. The first-order chi connectivity index (χ1) is 9.75. The Hall–Kier alpha value is -0.0300. The first-order valence-electron chi connectivity index (χ1n) is 7.50. The van der Waals surface area contributed by atoms with Gasteiger partial charge in [-0.2, -0.15) is 0 Å². The van der Waals surface area contributed by atoms with Crippen LogP contribution in [0.2, 0.25) is 0 Å². The van der Waals surface area contributed by atoms with Gasteiger partial charge in [0.15, 0.2) is 0 Å². The van der Waals surface area contributed by atoms with Crippen molar-refractivity contribution >= 4 is 27.7 Å². The van der Waals surface area contributed by atoms with Crippen molar-refractivity contribution in [2.75, 3.05) is 12.8 Å². The van der Waals surface area contributed by atoms with Crippen LogP contribution in [0.25, 0.3) is 0 Å². The lowest BCUT2D eigenvalue weighted by atomic mass is 9.82. The van der Waals surface area contributed by atoms with E-state index in [-0.39, 0.29) is 11.2 Å². The lowest BCUT2D eigenvalue weighted by Crippen LogP contribution is -2.44. The van der Waals surface area contributed by atoms with Crippen molar-refractivity contribution in [3.8, 4) is 0 Å². The lowest BCUT2D eigenvalue weighted by Gasteiger charge is -2.32. The highest BCUT2D eigenvalue weighted by molar-refractivity contribution is 9.10. The highest BCUT2D eigenvalue weighted by Crippen LogP contribution is 2.44. The quantitative estimate of drug-likeness (QED) is 0.756. The normalized spacial score (nSPS) is 25.0. The number of benzene rings is 1. The number of ether oxygens (including phenoxy) is 1. The van der Waals surface area contributed by atoms with Crippen LogP contribution in [0.15, 0.2) is 33.6 Å². The molecule has 1 fully saturated rings. The summed E-state index contributed by atoms with van der Waals surface area (Å²) in [4.78, 5) is 1.30. The third kappa shape index (κ3) is 4.25. The molecule has 2 rings (SSSR count).